The number of aliphatic carboxylic acids is 6. The first-order valence-corrected chi connectivity index (χ1v) is 24.9. The Balaban J connectivity index is 1.30. The molecule has 25 heteroatoms. The molecule has 1 saturated carbocycles. The molecular formula is C49H71N9O16. The SMILES string of the molecule is O=C(O)CC[C@H](NC(=O)N[C@@H](CCCCNC(=O)C(Cc1ccc2ccccc2c1)NC(=O)C1CCC(CNC(=O)CN2CCN(CC(=O)O)CCN(CC(=O)O)CCN(CC(=O)O)CC2)CC1)C(=O)O)C(=O)O. The van der Waals surface area contributed by atoms with E-state index in [0.29, 0.717) is 45.3 Å². The lowest BCUT2D eigenvalue weighted by Crippen LogP contribution is -2.51. The van der Waals surface area contributed by atoms with Crippen molar-refractivity contribution in [1.29, 1.82) is 0 Å². The Kier molecular flexibility index (Phi) is 24.9. The zero-order valence-corrected chi connectivity index (χ0v) is 41.5. The molecule has 0 aromatic heterocycles. The number of fused-ring (bicyclic) bond motifs is 1. The van der Waals surface area contributed by atoms with Crippen LogP contribution in [0.15, 0.2) is 42.5 Å². The largest absolute Gasteiger partial charge is 0.481 e. The van der Waals surface area contributed by atoms with Crippen LogP contribution in [0.4, 0.5) is 4.79 Å². The molecule has 2 aromatic rings. The third-order valence-corrected chi connectivity index (χ3v) is 13.1. The zero-order chi connectivity index (χ0) is 54.2. The molecule has 2 fully saturated rings. The minimum atomic E-state index is -1.55. The molecule has 5 amide bonds. The molecule has 1 heterocycles. The molecule has 408 valence electrons. The number of amides is 5. The van der Waals surface area contributed by atoms with Gasteiger partial charge < -0.3 is 57.2 Å². The molecule has 0 bridgehead atoms. The van der Waals surface area contributed by atoms with Gasteiger partial charge in [-0.05, 0) is 73.6 Å². The first kappa shape index (κ1) is 59.6. The monoisotopic (exact) mass is 1040 g/mol. The summed E-state index contributed by atoms with van der Waals surface area (Å²) in [5.41, 5.74) is 0.803. The van der Waals surface area contributed by atoms with Gasteiger partial charge in [0.2, 0.25) is 17.7 Å². The van der Waals surface area contributed by atoms with Gasteiger partial charge in [-0.15, -0.1) is 0 Å². The van der Waals surface area contributed by atoms with Crippen molar-refractivity contribution in [3.05, 3.63) is 48.0 Å². The summed E-state index contributed by atoms with van der Waals surface area (Å²) >= 11 is 0. The topological polar surface area (TPSA) is 365 Å². The maximum atomic E-state index is 13.8. The van der Waals surface area contributed by atoms with E-state index in [-0.39, 0.29) is 115 Å². The van der Waals surface area contributed by atoms with Crippen LogP contribution in [-0.4, -0.2) is 220 Å². The molecule has 0 radical (unpaired) electrons. The van der Waals surface area contributed by atoms with Crippen molar-refractivity contribution >= 4 is 70.3 Å². The lowest BCUT2D eigenvalue weighted by atomic mass is 9.81. The normalized spacial score (nSPS) is 18.8. The summed E-state index contributed by atoms with van der Waals surface area (Å²) in [7, 11) is 0. The van der Waals surface area contributed by atoms with Crippen LogP contribution in [0.3, 0.4) is 0 Å². The Morgan fingerprint density at radius 1 is 0.527 bits per heavy atom. The maximum Gasteiger partial charge on any atom is 0.326 e. The fraction of sp³-hybridized carbons (Fsp3) is 0.592. The van der Waals surface area contributed by atoms with E-state index >= 15 is 0 Å². The number of rotatable bonds is 27. The second-order valence-corrected chi connectivity index (χ2v) is 18.9. The van der Waals surface area contributed by atoms with Gasteiger partial charge in [0.05, 0.1) is 26.2 Å². The van der Waals surface area contributed by atoms with E-state index in [1.165, 1.54) is 0 Å². The molecule has 2 aromatic carbocycles. The molecule has 74 heavy (non-hydrogen) atoms. The number of hydrogen-bond donors (Lipinski definition) is 11. The highest BCUT2D eigenvalue weighted by atomic mass is 16.4. The number of carbonyl (C=O) groups excluding carboxylic acids is 4. The summed E-state index contributed by atoms with van der Waals surface area (Å²) in [5, 5.41) is 71.4. The van der Waals surface area contributed by atoms with Crippen molar-refractivity contribution in [1.82, 2.24) is 46.2 Å². The highest BCUT2D eigenvalue weighted by Gasteiger charge is 2.31. The van der Waals surface area contributed by atoms with E-state index < -0.39 is 84.6 Å². The van der Waals surface area contributed by atoms with E-state index in [2.05, 4.69) is 26.6 Å². The van der Waals surface area contributed by atoms with Crippen LogP contribution in [0.1, 0.15) is 63.4 Å². The van der Waals surface area contributed by atoms with Crippen LogP contribution in [0, 0.1) is 11.8 Å². The molecule has 2 aliphatic rings. The van der Waals surface area contributed by atoms with Crippen LogP contribution in [0.2, 0.25) is 0 Å². The van der Waals surface area contributed by atoms with Crippen molar-refractivity contribution in [2.24, 2.45) is 11.8 Å². The van der Waals surface area contributed by atoms with Crippen LogP contribution >= 0.6 is 0 Å². The molecule has 4 rings (SSSR count). The van der Waals surface area contributed by atoms with Crippen LogP contribution in [-0.2, 0) is 49.6 Å². The second kappa shape index (κ2) is 30.9. The highest BCUT2D eigenvalue weighted by Crippen LogP contribution is 2.29. The van der Waals surface area contributed by atoms with Crippen molar-refractivity contribution in [3.8, 4) is 0 Å². The minimum Gasteiger partial charge on any atom is -0.481 e. The summed E-state index contributed by atoms with van der Waals surface area (Å²) in [6.45, 7) is 1.73. The average Bonchev–Trinajstić information content (AvgIpc) is 3.34. The molecule has 3 atom stereocenters. The number of unbranched alkanes of at least 4 members (excludes halogenated alkanes) is 1. The summed E-state index contributed by atoms with van der Waals surface area (Å²) in [5.74, 6) is -8.66. The first-order chi connectivity index (χ1) is 35.2. The van der Waals surface area contributed by atoms with Crippen molar-refractivity contribution in [3.63, 3.8) is 0 Å². The van der Waals surface area contributed by atoms with Gasteiger partial charge in [-0.3, -0.25) is 53.2 Å². The predicted molar refractivity (Wildman–Crippen MR) is 265 cm³/mol. The van der Waals surface area contributed by atoms with Gasteiger partial charge in [0, 0.05) is 84.2 Å². The predicted octanol–water partition coefficient (Wildman–Crippen LogP) is -0.378. The molecule has 25 nitrogen and oxygen atoms in total. The average molecular weight is 1040 g/mol. The third kappa shape index (κ3) is 22.4. The van der Waals surface area contributed by atoms with Gasteiger partial charge in [0.15, 0.2) is 0 Å². The smallest absolute Gasteiger partial charge is 0.326 e. The van der Waals surface area contributed by atoms with Crippen LogP contribution in [0.25, 0.3) is 10.8 Å². The lowest BCUT2D eigenvalue weighted by molar-refractivity contribution is -0.141. The molecular weight excluding hydrogens is 971 g/mol. The Labute approximate surface area is 428 Å². The van der Waals surface area contributed by atoms with Crippen molar-refractivity contribution in [2.75, 3.05) is 91.6 Å². The van der Waals surface area contributed by atoms with E-state index in [4.69, 9.17) is 5.11 Å². The van der Waals surface area contributed by atoms with Gasteiger partial charge in [-0.25, -0.2) is 14.4 Å². The number of benzene rings is 2. The number of carboxylic acid groups (broad SMARTS) is 6. The van der Waals surface area contributed by atoms with Crippen molar-refractivity contribution < 1.29 is 78.6 Å². The molecule has 0 spiro atoms. The van der Waals surface area contributed by atoms with Gasteiger partial charge in [0.1, 0.15) is 18.1 Å². The Bertz CT molecular complexity index is 2230. The summed E-state index contributed by atoms with van der Waals surface area (Å²) < 4.78 is 0. The van der Waals surface area contributed by atoms with E-state index in [1.807, 2.05) is 47.4 Å². The molecule has 1 unspecified atom stereocenters. The highest BCUT2D eigenvalue weighted by molar-refractivity contribution is 5.90. The number of carboxylic acids is 6. The zero-order valence-electron chi connectivity index (χ0n) is 41.5. The molecule has 1 aliphatic carbocycles. The van der Waals surface area contributed by atoms with Gasteiger partial charge in [0.25, 0.3) is 0 Å². The number of hydrogen-bond acceptors (Lipinski definition) is 14. The maximum absolute atomic E-state index is 13.8. The number of carbonyl (C=O) groups is 10. The van der Waals surface area contributed by atoms with Crippen LogP contribution < -0.4 is 26.6 Å². The summed E-state index contributed by atoms with van der Waals surface area (Å²) in [4.78, 5) is 129. The van der Waals surface area contributed by atoms with E-state index in [0.717, 1.165) is 16.3 Å². The van der Waals surface area contributed by atoms with E-state index in [1.54, 1.807) is 14.7 Å². The van der Waals surface area contributed by atoms with Crippen LogP contribution in [0.5, 0.6) is 0 Å². The fourth-order valence-corrected chi connectivity index (χ4v) is 8.98. The number of nitrogens with zero attached hydrogens (tertiary/aromatic N) is 4. The first-order valence-electron chi connectivity index (χ1n) is 24.9. The summed E-state index contributed by atoms with van der Waals surface area (Å²) in [6, 6.07) is 8.44. The van der Waals surface area contributed by atoms with E-state index in [9.17, 15) is 73.5 Å². The standard InChI is InChI=1S/C49H71N9O16/c59-40(28-55-17-19-56(29-42(62)63)21-23-58(31-44(66)67)24-22-57(20-18-55)30-43(64)65)51-27-32-8-12-35(13-9-32)45(68)52-39(26-33-10-11-34-5-1-2-6-36(34)25-33)46(69)50-16-4-3-7-37(47(70)71)53-49(74)54-38(48(72)73)14-15-41(60)61/h1-2,5-6,10-11,25,32,35,37-39H,3-4,7-9,12-24,26-31H2,(H,50,69)(H,51,59)(H,52,68)(H,60,61)(H,62,63)(H,64,65)(H,66,67)(H,70,71)(H,72,73)(H2,53,54,74)/t32?,35?,37-,38-,39?/m0/s1. The van der Waals surface area contributed by atoms with Gasteiger partial charge in [-0.2, -0.15) is 0 Å². The quantitative estimate of drug-likeness (QED) is 0.0508. The Hall–Kier alpha value is -6.96. The Morgan fingerprint density at radius 3 is 1.53 bits per heavy atom. The number of nitrogens with one attached hydrogen (secondary N) is 5. The van der Waals surface area contributed by atoms with Crippen molar-refractivity contribution in [2.45, 2.75) is 82.3 Å². The fourth-order valence-electron chi connectivity index (χ4n) is 8.98. The molecule has 11 N–H and O–H groups in total. The third-order valence-electron chi connectivity index (χ3n) is 13.1. The van der Waals surface area contributed by atoms with Gasteiger partial charge >= 0.3 is 41.8 Å². The number of urea groups is 1. The molecule has 1 saturated heterocycles. The van der Waals surface area contributed by atoms with Gasteiger partial charge in [-0.1, -0.05) is 42.5 Å². The second-order valence-electron chi connectivity index (χ2n) is 18.9. The lowest BCUT2D eigenvalue weighted by Gasteiger charge is -2.33. The molecule has 1 aliphatic heterocycles. The summed E-state index contributed by atoms with van der Waals surface area (Å²) in [6.07, 6.45) is 1.91. The Morgan fingerprint density at radius 2 is 1.03 bits per heavy atom. The minimum absolute atomic E-state index is 0.0283.